The number of hydrogen-bond acceptors (Lipinski definition) is 6. The minimum Gasteiger partial charge on any atom is -0.495 e. The van der Waals surface area contributed by atoms with Crippen molar-refractivity contribution in [3.8, 4) is 22.6 Å². The van der Waals surface area contributed by atoms with E-state index in [9.17, 15) is 39.6 Å². The first kappa shape index (κ1) is 20.2. The van der Waals surface area contributed by atoms with Crippen LogP contribution < -0.4 is 9.47 Å². The lowest BCUT2D eigenvalue weighted by Gasteiger charge is -2.18. The molecule has 10 heteroatoms. The number of aromatic carboxylic acids is 4. The van der Waals surface area contributed by atoms with Gasteiger partial charge in [-0.3, -0.25) is 0 Å². The van der Waals surface area contributed by atoms with Crippen molar-refractivity contribution in [1.82, 2.24) is 0 Å². The molecule has 2 rings (SSSR count). The molecule has 0 saturated heterocycles. The summed E-state index contributed by atoms with van der Waals surface area (Å²) in [4.78, 5) is 45.9. The molecule has 0 atom stereocenters. The molecule has 0 amide bonds. The van der Waals surface area contributed by atoms with Crippen molar-refractivity contribution in [2.75, 3.05) is 14.2 Å². The van der Waals surface area contributed by atoms with Crippen LogP contribution in [0.2, 0.25) is 0 Å². The molecule has 0 aliphatic carbocycles. The van der Waals surface area contributed by atoms with Crippen molar-refractivity contribution in [1.29, 1.82) is 0 Å². The van der Waals surface area contributed by atoms with Gasteiger partial charge in [-0.05, 0) is 24.3 Å². The van der Waals surface area contributed by atoms with Crippen LogP contribution in [0.15, 0.2) is 24.3 Å². The Morgan fingerprint density at radius 1 is 0.607 bits per heavy atom. The maximum atomic E-state index is 11.6. The fourth-order valence-electron chi connectivity index (χ4n) is 2.79. The summed E-state index contributed by atoms with van der Waals surface area (Å²) >= 11 is 0. The first-order valence-corrected chi connectivity index (χ1v) is 7.51. The summed E-state index contributed by atoms with van der Waals surface area (Å²) in [6.45, 7) is 0. The maximum absolute atomic E-state index is 11.6. The monoisotopic (exact) mass is 390 g/mol. The fraction of sp³-hybridized carbons (Fsp3) is 0.111. The van der Waals surface area contributed by atoms with Gasteiger partial charge in [0.1, 0.15) is 22.6 Å². The van der Waals surface area contributed by atoms with Crippen LogP contribution in [0.25, 0.3) is 11.1 Å². The van der Waals surface area contributed by atoms with Gasteiger partial charge < -0.3 is 29.9 Å². The van der Waals surface area contributed by atoms with Gasteiger partial charge in [-0.15, -0.1) is 0 Å². The molecule has 0 heterocycles. The highest BCUT2D eigenvalue weighted by molar-refractivity contribution is 6.08. The number of ether oxygens (including phenoxy) is 2. The number of carboxylic acid groups (broad SMARTS) is 4. The zero-order valence-electron chi connectivity index (χ0n) is 14.5. The summed E-state index contributed by atoms with van der Waals surface area (Å²) in [6, 6.07) is 4.49. The van der Waals surface area contributed by atoms with E-state index in [1.165, 1.54) is 12.1 Å². The van der Waals surface area contributed by atoms with Crippen LogP contribution in [-0.4, -0.2) is 58.5 Å². The van der Waals surface area contributed by atoms with E-state index in [0.29, 0.717) is 0 Å². The van der Waals surface area contributed by atoms with E-state index in [0.717, 1.165) is 26.4 Å². The van der Waals surface area contributed by atoms with Crippen LogP contribution in [0.1, 0.15) is 41.4 Å². The van der Waals surface area contributed by atoms with E-state index in [4.69, 9.17) is 9.47 Å². The Labute approximate surface area is 157 Å². The van der Waals surface area contributed by atoms with Gasteiger partial charge in [0.05, 0.1) is 25.3 Å². The maximum Gasteiger partial charge on any atom is 0.340 e. The lowest BCUT2D eigenvalue weighted by Crippen LogP contribution is -2.13. The molecule has 0 spiro atoms. The van der Waals surface area contributed by atoms with Crippen LogP contribution in [0, 0.1) is 0 Å². The molecule has 0 saturated carbocycles. The van der Waals surface area contributed by atoms with Crippen molar-refractivity contribution in [3.05, 3.63) is 46.5 Å². The highest BCUT2D eigenvalue weighted by Gasteiger charge is 2.29. The molecule has 28 heavy (non-hydrogen) atoms. The lowest BCUT2D eigenvalue weighted by molar-refractivity contribution is 0.0648. The zero-order valence-corrected chi connectivity index (χ0v) is 14.5. The average molecular weight is 390 g/mol. The highest BCUT2D eigenvalue weighted by Crippen LogP contribution is 2.42. The molecule has 4 N–H and O–H groups in total. The number of benzene rings is 2. The van der Waals surface area contributed by atoms with E-state index in [1.54, 1.807) is 0 Å². The van der Waals surface area contributed by atoms with E-state index in [2.05, 4.69) is 0 Å². The van der Waals surface area contributed by atoms with Crippen LogP contribution in [0.4, 0.5) is 0 Å². The molecule has 146 valence electrons. The number of carboxylic acids is 4. The predicted octanol–water partition coefficient (Wildman–Crippen LogP) is 2.16. The van der Waals surface area contributed by atoms with Crippen molar-refractivity contribution in [2.24, 2.45) is 0 Å². The minimum absolute atomic E-state index is 0.0150. The van der Waals surface area contributed by atoms with Gasteiger partial charge in [0.2, 0.25) is 0 Å². The second-order valence-corrected chi connectivity index (χ2v) is 5.36. The summed E-state index contributed by atoms with van der Waals surface area (Å²) in [5.41, 5.74) is -2.33. The van der Waals surface area contributed by atoms with Gasteiger partial charge in [-0.2, -0.15) is 0 Å². The van der Waals surface area contributed by atoms with Gasteiger partial charge in [0.25, 0.3) is 0 Å². The van der Waals surface area contributed by atoms with Gasteiger partial charge >= 0.3 is 23.9 Å². The summed E-state index contributed by atoms with van der Waals surface area (Å²) in [7, 11) is 2.24. The Kier molecular flexibility index (Phi) is 5.53. The molecule has 0 radical (unpaired) electrons. The standard InChI is InChI=1S/C18H14O10/c1-27-13-7(3-5-9(15(19)20)11(13)17(23)24)8-4-6-10(16(21)22)12(18(25)26)14(8)28-2/h3-6H,1-2H3,(H,19,20)(H,21,22)(H,23,24)(H,25,26). The number of methoxy groups -OCH3 is 2. The molecule has 0 aliphatic heterocycles. The topological polar surface area (TPSA) is 168 Å². The third-order valence-electron chi connectivity index (χ3n) is 3.90. The summed E-state index contributed by atoms with van der Waals surface area (Å²) in [5.74, 6) is -6.83. The van der Waals surface area contributed by atoms with Crippen LogP contribution >= 0.6 is 0 Å². The molecule has 0 aliphatic rings. The van der Waals surface area contributed by atoms with Gasteiger partial charge in [-0.1, -0.05) is 0 Å². The van der Waals surface area contributed by atoms with Gasteiger partial charge in [0, 0.05) is 11.1 Å². The van der Waals surface area contributed by atoms with E-state index >= 15 is 0 Å². The smallest absolute Gasteiger partial charge is 0.340 e. The lowest BCUT2D eigenvalue weighted by atomic mass is 9.93. The van der Waals surface area contributed by atoms with E-state index < -0.39 is 46.1 Å². The molecular formula is C18H14O10. The number of carbonyl (C=O) groups is 4. The van der Waals surface area contributed by atoms with Gasteiger partial charge in [-0.25, -0.2) is 19.2 Å². The van der Waals surface area contributed by atoms with E-state index in [1.807, 2.05) is 0 Å². The third-order valence-corrected chi connectivity index (χ3v) is 3.90. The van der Waals surface area contributed by atoms with Crippen molar-refractivity contribution < 1.29 is 49.1 Å². The average Bonchev–Trinajstić information content (AvgIpc) is 2.64. The molecule has 10 nitrogen and oxygen atoms in total. The third kappa shape index (κ3) is 3.30. The van der Waals surface area contributed by atoms with Crippen LogP contribution in [-0.2, 0) is 0 Å². The Morgan fingerprint density at radius 3 is 1.14 bits per heavy atom. The molecular weight excluding hydrogens is 376 g/mol. The van der Waals surface area contributed by atoms with Gasteiger partial charge in [0.15, 0.2) is 0 Å². The largest absolute Gasteiger partial charge is 0.495 e. The number of hydrogen-bond donors (Lipinski definition) is 4. The quantitative estimate of drug-likeness (QED) is 0.550. The van der Waals surface area contributed by atoms with Crippen molar-refractivity contribution >= 4 is 23.9 Å². The van der Waals surface area contributed by atoms with Crippen LogP contribution in [0.3, 0.4) is 0 Å². The Balaban J connectivity index is 2.96. The molecule has 0 bridgehead atoms. The Morgan fingerprint density at radius 2 is 0.929 bits per heavy atom. The molecule has 0 unspecified atom stereocenters. The van der Waals surface area contributed by atoms with Crippen molar-refractivity contribution in [2.45, 2.75) is 0 Å². The van der Waals surface area contributed by atoms with E-state index in [-0.39, 0.29) is 22.6 Å². The second kappa shape index (κ2) is 7.66. The molecule has 2 aromatic carbocycles. The molecule has 2 aromatic rings. The zero-order chi connectivity index (χ0) is 21.2. The molecule has 0 aromatic heterocycles. The Hall–Kier alpha value is -4.08. The summed E-state index contributed by atoms with van der Waals surface area (Å²) in [5, 5.41) is 37.3. The number of rotatable bonds is 7. The van der Waals surface area contributed by atoms with Crippen molar-refractivity contribution in [3.63, 3.8) is 0 Å². The normalized spacial score (nSPS) is 10.2. The Bertz CT molecular complexity index is 924. The fourth-order valence-corrected chi connectivity index (χ4v) is 2.79. The minimum atomic E-state index is -1.57. The summed E-state index contributed by atoms with van der Waals surface area (Å²) < 4.78 is 10.2. The summed E-state index contributed by atoms with van der Waals surface area (Å²) in [6.07, 6.45) is 0. The molecule has 0 fully saturated rings. The predicted molar refractivity (Wildman–Crippen MR) is 92.8 cm³/mol. The SMILES string of the molecule is COc1c(-c2ccc(C(=O)O)c(C(=O)O)c2OC)ccc(C(=O)O)c1C(=O)O. The first-order chi connectivity index (χ1) is 13.1. The van der Waals surface area contributed by atoms with Crippen LogP contribution in [0.5, 0.6) is 11.5 Å². The second-order valence-electron chi connectivity index (χ2n) is 5.36. The first-order valence-electron chi connectivity index (χ1n) is 7.51. The highest BCUT2D eigenvalue weighted by atomic mass is 16.5.